The van der Waals surface area contributed by atoms with Gasteiger partial charge < -0.3 is 15.0 Å². The Morgan fingerprint density at radius 1 is 1.53 bits per heavy atom. The van der Waals surface area contributed by atoms with Crippen molar-refractivity contribution < 1.29 is 4.74 Å². The average molecular weight is 263 g/mol. The molecular formula is C13H21N5O. The van der Waals surface area contributed by atoms with Gasteiger partial charge in [0.15, 0.2) is 5.96 Å². The summed E-state index contributed by atoms with van der Waals surface area (Å²) in [5.74, 6) is 1.000. The number of guanidine groups is 1. The monoisotopic (exact) mass is 263 g/mol. The smallest absolute Gasteiger partial charge is 0.194 e. The standard InChI is InChI=1S/C13H21N5O/c1-14-13(16-11-3-4-11)18-5-6-19-12(9-18)10-7-15-17(2)8-10/h7-8,11-12H,3-6,9H2,1-2H3,(H,14,16). The molecule has 19 heavy (non-hydrogen) atoms. The van der Waals surface area contributed by atoms with E-state index in [-0.39, 0.29) is 6.10 Å². The molecule has 1 aliphatic heterocycles. The minimum absolute atomic E-state index is 0.0835. The number of hydrogen-bond acceptors (Lipinski definition) is 3. The van der Waals surface area contributed by atoms with Crippen LogP contribution in [-0.4, -0.2) is 53.4 Å². The molecule has 1 aromatic heterocycles. The number of aromatic nitrogens is 2. The van der Waals surface area contributed by atoms with Crippen molar-refractivity contribution in [1.82, 2.24) is 20.0 Å². The zero-order valence-electron chi connectivity index (χ0n) is 11.5. The fraction of sp³-hybridized carbons (Fsp3) is 0.692. The van der Waals surface area contributed by atoms with Crippen molar-refractivity contribution in [1.29, 1.82) is 0 Å². The zero-order valence-corrected chi connectivity index (χ0v) is 11.5. The quantitative estimate of drug-likeness (QED) is 0.625. The van der Waals surface area contributed by atoms with Gasteiger partial charge in [0.1, 0.15) is 6.10 Å². The molecule has 2 fully saturated rings. The highest BCUT2D eigenvalue weighted by Gasteiger charge is 2.28. The van der Waals surface area contributed by atoms with Crippen LogP contribution in [-0.2, 0) is 11.8 Å². The number of nitrogens with one attached hydrogen (secondary N) is 1. The summed E-state index contributed by atoms with van der Waals surface area (Å²) in [6.45, 7) is 2.45. The summed E-state index contributed by atoms with van der Waals surface area (Å²) in [4.78, 5) is 6.66. The molecule has 0 spiro atoms. The van der Waals surface area contributed by atoms with Crippen LogP contribution in [0.15, 0.2) is 17.4 Å². The number of nitrogens with zero attached hydrogens (tertiary/aromatic N) is 4. The summed E-state index contributed by atoms with van der Waals surface area (Å²) in [6.07, 6.45) is 6.50. The predicted octanol–water partition coefficient (Wildman–Crippen LogP) is 0.531. The van der Waals surface area contributed by atoms with Gasteiger partial charge in [-0.1, -0.05) is 0 Å². The van der Waals surface area contributed by atoms with Gasteiger partial charge in [-0.05, 0) is 12.8 Å². The first-order valence-corrected chi connectivity index (χ1v) is 6.84. The van der Waals surface area contributed by atoms with Gasteiger partial charge in [0, 0.05) is 38.4 Å². The van der Waals surface area contributed by atoms with Crippen molar-refractivity contribution in [3.8, 4) is 0 Å². The third-order valence-corrected chi connectivity index (χ3v) is 3.58. The molecule has 1 saturated heterocycles. The summed E-state index contributed by atoms with van der Waals surface area (Å²) in [5, 5.41) is 7.70. The van der Waals surface area contributed by atoms with Crippen LogP contribution >= 0.6 is 0 Å². The Hall–Kier alpha value is -1.56. The Bertz CT molecular complexity index is 465. The normalized spacial score (nSPS) is 24.6. The van der Waals surface area contributed by atoms with Gasteiger partial charge in [0.2, 0.25) is 0 Å². The Morgan fingerprint density at radius 2 is 2.37 bits per heavy atom. The topological polar surface area (TPSA) is 54.7 Å². The highest BCUT2D eigenvalue weighted by molar-refractivity contribution is 5.80. The van der Waals surface area contributed by atoms with Gasteiger partial charge >= 0.3 is 0 Å². The van der Waals surface area contributed by atoms with E-state index in [4.69, 9.17) is 4.74 Å². The molecule has 0 radical (unpaired) electrons. The maximum Gasteiger partial charge on any atom is 0.194 e. The van der Waals surface area contributed by atoms with Crippen molar-refractivity contribution in [2.75, 3.05) is 26.7 Å². The molecule has 1 N–H and O–H groups in total. The van der Waals surface area contributed by atoms with Crippen molar-refractivity contribution >= 4 is 5.96 Å². The first kappa shape index (κ1) is 12.5. The lowest BCUT2D eigenvalue weighted by Gasteiger charge is -2.34. The second-order valence-electron chi connectivity index (χ2n) is 5.22. The first-order valence-electron chi connectivity index (χ1n) is 6.84. The van der Waals surface area contributed by atoms with Crippen LogP contribution in [0.2, 0.25) is 0 Å². The predicted molar refractivity (Wildman–Crippen MR) is 73.0 cm³/mol. The molecule has 104 valence electrons. The van der Waals surface area contributed by atoms with Crippen LogP contribution in [0.1, 0.15) is 24.5 Å². The van der Waals surface area contributed by atoms with E-state index in [9.17, 15) is 0 Å². The lowest BCUT2D eigenvalue weighted by atomic mass is 10.1. The third kappa shape index (κ3) is 2.89. The van der Waals surface area contributed by atoms with E-state index in [1.807, 2.05) is 31.2 Å². The van der Waals surface area contributed by atoms with E-state index in [2.05, 4.69) is 20.3 Å². The number of aryl methyl sites for hydroxylation is 1. The Kier molecular flexibility index (Phi) is 3.42. The van der Waals surface area contributed by atoms with Crippen LogP contribution < -0.4 is 5.32 Å². The number of morpholine rings is 1. The lowest BCUT2D eigenvalue weighted by molar-refractivity contribution is -0.00805. The van der Waals surface area contributed by atoms with Gasteiger partial charge in [-0.2, -0.15) is 5.10 Å². The Balaban J connectivity index is 1.66. The summed E-state index contributed by atoms with van der Waals surface area (Å²) in [7, 11) is 3.77. The SMILES string of the molecule is CN=C(NC1CC1)N1CCOC(c2cnn(C)c2)C1. The van der Waals surface area contributed by atoms with Crippen LogP contribution in [0.3, 0.4) is 0 Å². The maximum absolute atomic E-state index is 5.85. The first-order chi connectivity index (χ1) is 9.26. The Morgan fingerprint density at radius 3 is 3.00 bits per heavy atom. The number of hydrogen-bond donors (Lipinski definition) is 1. The van der Waals surface area contributed by atoms with Crippen LogP contribution in [0, 0.1) is 0 Å². The van der Waals surface area contributed by atoms with Gasteiger partial charge in [-0.15, -0.1) is 0 Å². The number of rotatable bonds is 2. The number of aliphatic imine (C=N–C) groups is 1. The molecule has 0 bridgehead atoms. The molecule has 1 saturated carbocycles. The maximum atomic E-state index is 5.85. The van der Waals surface area contributed by atoms with Crippen molar-refractivity contribution in [3.05, 3.63) is 18.0 Å². The summed E-state index contributed by atoms with van der Waals surface area (Å²) in [6, 6.07) is 0.624. The van der Waals surface area contributed by atoms with E-state index < -0.39 is 0 Å². The highest BCUT2D eigenvalue weighted by Crippen LogP contribution is 2.23. The van der Waals surface area contributed by atoms with Gasteiger partial charge in [-0.3, -0.25) is 9.67 Å². The van der Waals surface area contributed by atoms with Gasteiger partial charge in [-0.25, -0.2) is 0 Å². The van der Waals surface area contributed by atoms with E-state index >= 15 is 0 Å². The van der Waals surface area contributed by atoms with Gasteiger partial charge in [0.05, 0.1) is 19.3 Å². The molecule has 3 rings (SSSR count). The van der Waals surface area contributed by atoms with Crippen LogP contribution in [0.5, 0.6) is 0 Å². The molecule has 1 unspecified atom stereocenters. The minimum atomic E-state index is 0.0835. The third-order valence-electron chi connectivity index (χ3n) is 3.58. The average Bonchev–Trinajstić information content (AvgIpc) is 3.15. The lowest BCUT2D eigenvalue weighted by Crippen LogP contribution is -2.48. The molecule has 2 heterocycles. The van der Waals surface area contributed by atoms with Crippen LogP contribution in [0.25, 0.3) is 0 Å². The fourth-order valence-electron chi connectivity index (χ4n) is 2.36. The number of ether oxygens (including phenoxy) is 1. The van der Waals surface area contributed by atoms with E-state index in [1.54, 1.807) is 0 Å². The summed E-state index contributed by atoms with van der Waals surface area (Å²) in [5.41, 5.74) is 1.13. The fourth-order valence-corrected chi connectivity index (χ4v) is 2.36. The largest absolute Gasteiger partial charge is 0.370 e. The molecule has 2 aliphatic rings. The molecule has 6 nitrogen and oxygen atoms in total. The second-order valence-corrected chi connectivity index (χ2v) is 5.22. The minimum Gasteiger partial charge on any atom is -0.370 e. The van der Waals surface area contributed by atoms with Crippen LogP contribution in [0.4, 0.5) is 0 Å². The summed E-state index contributed by atoms with van der Waals surface area (Å²) >= 11 is 0. The highest BCUT2D eigenvalue weighted by atomic mass is 16.5. The van der Waals surface area contributed by atoms with Crippen molar-refractivity contribution in [2.24, 2.45) is 12.0 Å². The van der Waals surface area contributed by atoms with E-state index in [1.165, 1.54) is 12.8 Å². The zero-order chi connectivity index (χ0) is 13.2. The molecule has 1 aliphatic carbocycles. The van der Waals surface area contributed by atoms with E-state index in [0.29, 0.717) is 6.04 Å². The second kappa shape index (κ2) is 5.21. The molecule has 0 amide bonds. The van der Waals surface area contributed by atoms with Gasteiger partial charge in [0.25, 0.3) is 0 Å². The summed E-state index contributed by atoms with van der Waals surface area (Å²) < 4.78 is 7.66. The molecule has 1 aromatic rings. The van der Waals surface area contributed by atoms with Crippen molar-refractivity contribution in [3.63, 3.8) is 0 Å². The van der Waals surface area contributed by atoms with E-state index in [0.717, 1.165) is 31.2 Å². The van der Waals surface area contributed by atoms with Crippen molar-refractivity contribution in [2.45, 2.75) is 25.0 Å². The molecular weight excluding hydrogens is 242 g/mol. The molecule has 1 atom stereocenters. The molecule has 0 aromatic carbocycles. The molecule has 6 heteroatoms. The Labute approximate surface area is 113 Å².